The van der Waals surface area contributed by atoms with E-state index in [1.165, 1.54) is 24.8 Å². The van der Waals surface area contributed by atoms with Crippen molar-refractivity contribution in [3.63, 3.8) is 0 Å². The monoisotopic (exact) mass is 324 g/mol. The van der Waals surface area contributed by atoms with Crippen LogP contribution < -0.4 is 5.32 Å². The van der Waals surface area contributed by atoms with Gasteiger partial charge in [0.2, 0.25) is 0 Å². The van der Waals surface area contributed by atoms with Gasteiger partial charge in [0.25, 0.3) is 0 Å². The first-order valence-corrected chi connectivity index (χ1v) is 8.92. The first-order chi connectivity index (χ1) is 11.9. The lowest BCUT2D eigenvalue weighted by atomic mass is 9.85. The van der Waals surface area contributed by atoms with Gasteiger partial charge in [0.15, 0.2) is 0 Å². The Kier molecular flexibility index (Phi) is 4.64. The number of aromatic nitrogens is 4. The van der Waals surface area contributed by atoms with Gasteiger partial charge in [0, 0.05) is 55.7 Å². The molecule has 0 amide bonds. The molecule has 2 aliphatic rings. The molecular weight excluding hydrogens is 300 g/mol. The first kappa shape index (κ1) is 15.4. The van der Waals surface area contributed by atoms with Crippen LogP contribution in [-0.2, 0) is 6.54 Å². The Balaban J connectivity index is 1.25. The second-order valence-electron chi connectivity index (χ2n) is 6.87. The SMILES string of the molecule is c1cc(NC2CCN(Cc3cnc(C4CCC4)nc3)CC2)ncn1. The normalized spacial score (nSPS) is 19.8. The number of likely N-dealkylation sites (tertiary alicyclic amines) is 1. The maximum Gasteiger partial charge on any atom is 0.131 e. The molecule has 0 unspecified atom stereocenters. The average molecular weight is 324 g/mol. The van der Waals surface area contributed by atoms with Crippen molar-refractivity contribution < 1.29 is 0 Å². The third-order valence-corrected chi connectivity index (χ3v) is 5.12. The zero-order valence-electron chi connectivity index (χ0n) is 13.9. The number of hydrogen-bond donors (Lipinski definition) is 1. The molecule has 0 radical (unpaired) electrons. The van der Waals surface area contributed by atoms with Crippen LogP contribution in [0.1, 0.15) is 49.4 Å². The van der Waals surface area contributed by atoms with E-state index in [9.17, 15) is 0 Å². The van der Waals surface area contributed by atoms with Gasteiger partial charge in [0.05, 0.1) is 0 Å². The lowest BCUT2D eigenvalue weighted by molar-refractivity contribution is 0.210. The number of hydrogen-bond acceptors (Lipinski definition) is 6. The number of nitrogens with one attached hydrogen (secondary N) is 1. The van der Waals surface area contributed by atoms with Crippen molar-refractivity contribution >= 4 is 5.82 Å². The molecule has 4 rings (SSSR count). The molecule has 1 N–H and O–H groups in total. The van der Waals surface area contributed by atoms with Crippen molar-refractivity contribution in [1.29, 1.82) is 0 Å². The highest BCUT2D eigenvalue weighted by molar-refractivity contribution is 5.33. The van der Waals surface area contributed by atoms with Gasteiger partial charge < -0.3 is 5.32 Å². The Morgan fingerprint density at radius 2 is 1.83 bits per heavy atom. The highest BCUT2D eigenvalue weighted by atomic mass is 15.1. The van der Waals surface area contributed by atoms with Crippen LogP contribution in [0.4, 0.5) is 5.82 Å². The Hall–Kier alpha value is -2.08. The third-order valence-electron chi connectivity index (χ3n) is 5.12. The minimum absolute atomic E-state index is 0.494. The minimum Gasteiger partial charge on any atom is -0.367 e. The largest absolute Gasteiger partial charge is 0.367 e. The predicted octanol–water partition coefficient (Wildman–Crippen LogP) is 2.61. The molecule has 0 spiro atoms. The van der Waals surface area contributed by atoms with Gasteiger partial charge in [-0.15, -0.1) is 0 Å². The summed E-state index contributed by atoms with van der Waals surface area (Å²) in [6.07, 6.45) is 13.5. The molecule has 2 aromatic heterocycles. The second kappa shape index (κ2) is 7.21. The summed E-state index contributed by atoms with van der Waals surface area (Å²) >= 11 is 0. The molecular formula is C18H24N6. The smallest absolute Gasteiger partial charge is 0.131 e. The van der Waals surface area contributed by atoms with E-state index >= 15 is 0 Å². The molecule has 1 saturated carbocycles. The van der Waals surface area contributed by atoms with E-state index in [4.69, 9.17) is 0 Å². The van der Waals surface area contributed by atoms with Crippen LogP contribution in [0, 0.1) is 0 Å². The minimum atomic E-state index is 0.494. The van der Waals surface area contributed by atoms with E-state index < -0.39 is 0 Å². The topological polar surface area (TPSA) is 66.8 Å². The molecule has 2 aromatic rings. The standard InChI is InChI=1S/C18H24N6/c1-2-15(3-1)18-20-10-14(11-21-18)12-24-8-5-16(6-9-24)23-17-4-7-19-13-22-17/h4,7,10-11,13,15-16H,1-3,5-6,8-9,12H2,(H,19,22,23). The summed E-state index contributed by atoms with van der Waals surface area (Å²) in [5.41, 5.74) is 1.22. The summed E-state index contributed by atoms with van der Waals surface area (Å²) in [7, 11) is 0. The molecule has 1 aliphatic heterocycles. The Bertz CT molecular complexity index is 632. The summed E-state index contributed by atoms with van der Waals surface area (Å²) < 4.78 is 0. The Morgan fingerprint density at radius 1 is 1.04 bits per heavy atom. The molecule has 0 atom stereocenters. The molecule has 1 saturated heterocycles. The van der Waals surface area contributed by atoms with E-state index in [2.05, 4.69) is 30.2 Å². The van der Waals surface area contributed by atoms with E-state index in [1.807, 2.05) is 18.5 Å². The predicted molar refractivity (Wildman–Crippen MR) is 92.6 cm³/mol. The molecule has 6 heteroatoms. The fourth-order valence-corrected chi connectivity index (χ4v) is 3.40. The summed E-state index contributed by atoms with van der Waals surface area (Å²) in [4.78, 5) is 19.8. The van der Waals surface area contributed by atoms with Crippen molar-refractivity contribution in [3.05, 3.63) is 42.4 Å². The fourth-order valence-electron chi connectivity index (χ4n) is 3.40. The van der Waals surface area contributed by atoms with Crippen molar-refractivity contribution in [3.8, 4) is 0 Å². The number of anilines is 1. The average Bonchev–Trinajstić information content (AvgIpc) is 2.58. The molecule has 0 bridgehead atoms. The summed E-state index contributed by atoms with van der Waals surface area (Å²) in [5, 5.41) is 3.50. The molecule has 0 aromatic carbocycles. The van der Waals surface area contributed by atoms with E-state index in [1.54, 1.807) is 12.5 Å². The number of nitrogens with zero attached hydrogens (tertiary/aromatic N) is 5. The molecule has 24 heavy (non-hydrogen) atoms. The maximum atomic E-state index is 4.57. The van der Waals surface area contributed by atoms with Crippen molar-refractivity contribution in [2.75, 3.05) is 18.4 Å². The second-order valence-corrected chi connectivity index (χ2v) is 6.87. The summed E-state index contributed by atoms with van der Waals surface area (Å²) in [6.45, 7) is 3.13. The van der Waals surface area contributed by atoms with Crippen LogP contribution in [0.5, 0.6) is 0 Å². The van der Waals surface area contributed by atoms with Crippen LogP contribution in [0.15, 0.2) is 31.0 Å². The molecule has 2 fully saturated rings. The van der Waals surface area contributed by atoms with E-state index in [0.29, 0.717) is 12.0 Å². The van der Waals surface area contributed by atoms with Gasteiger partial charge in [-0.1, -0.05) is 6.42 Å². The number of rotatable bonds is 5. The zero-order chi connectivity index (χ0) is 16.2. The van der Waals surface area contributed by atoms with Crippen LogP contribution in [0.3, 0.4) is 0 Å². The Morgan fingerprint density at radius 3 is 2.46 bits per heavy atom. The van der Waals surface area contributed by atoms with Crippen LogP contribution in [0.2, 0.25) is 0 Å². The maximum absolute atomic E-state index is 4.57. The van der Waals surface area contributed by atoms with Gasteiger partial charge >= 0.3 is 0 Å². The van der Waals surface area contributed by atoms with Crippen LogP contribution >= 0.6 is 0 Å². The highest BCUT2D eigenvalue weighted by Crippen LogP contribution is 2.33. The van der Waals surface area contributed by atoms with Gasteiger partial charge in [-0.3, -0.25) is 4.90 Å². The lowest BCUT2D eigenvalue weighted by Gasteiger charge is -2.32. The summed E-state index contributed by atoms with van der Waals surface area (Å²) in [6, 6.07) is 2.42. The quantitative estimate of drug-likeness (QED) is 0.912. The zero-order valence-corrected chi connectivity index (χ0v) is 13.9. The van der Waals surface area contributed by atoms with Crippen LogP contribution in [0.25, 0.3) is 0 Å². The molecule has 126 valence electrons. The van der Waals surface area contributed by atoms with Crippen molar-refractivity contribution in [1.82, 2.24) is 24.8 Å². The van der Waals surface area contributed by atoms with Gasteiger partial charge in [-0.25, -0.2) is 19.9 Å². The van der Waals surface area contributed by atoms with Gasteiger partial charge in [-0.2, -0.15) is 0 Å². The summed E-state index contributed by atoms with van der Waals surface area (Å²) in [5.74, 6) is 2.57. The molecule has 3 heterocycles. The van der Waals surface area contributed by atoms with Gasteiger partial charge in [0.1, 0.15) is 18.0 Å². The van der Waals surface area contributed by atoms with Gasteiger partial charge in [-0.05, 0) is 31.7 Å². The Labute approximate surface area is 142 Å². The van der Waals surface area contributed by atoms with E-state index in [0.717, 1.165) is 44.1 Å². The van der Waals surface area contributed by atoms with Crippen LogP contribution in [-0.4, -0.2) is 44.0 Å². The van der Waals surface area contributed by atoms with E-state index in [-0.39, 0.29) is 0 Å². The van der Waals surface area contributed by atoms with Crippen molar-refractivity contribution in [2.24, 2.45) is 0 Å². The first-order valence-electron chi connectivity index (χ1n) is 8.92. The third kappa shape index (κ3) is 3.70. The lowest BCUT2D eigenvalue weighted by Crippen LogP contribution is -2.38. The number of piperidine rings is 1. The fraction of sp³-hybridized carbons (Fsp3) is 0.556. The molecule has 6 nitrogen and oxygen atoms in total. The van der Waals surface area contributed by atoms with Crippen molar-refractivity contribution in [2.45, 2.75) is 50.6 Å². The highest BCUT2D eigenvalue weighted by Gasteiger charge is 2.22. The molecule has 1 aliphatic carbocycles.